The Bertz CT molecular complexity index is 979. The zero-order valence-electron chi connectivity index (χ0n) is 19.1. The van der Waals surface area contributed by atoms with Gasteiger partial charge in [0.1, 0.15) is 0 Å². The fraction of sp³-hybridized carbons (Fsp3) is 0.440. The van der Waals surface area contributed by atoms with Crippen molar-refractivity contribution >= 4 is 18.1 Å². The summed E-state index contributed by atoms with van der Waals surface area (Å²) in [6, 6.07) is 17.3. The number of hydrogen-bond acceptors (Lipinski definition) is 2. The molecule has 0 spiro atoms. The number of nitrogens with one attached hydrogen (secondary N) is 1. The third-order valence-electron chi connectivity index (χ3n) is 6.12. The molecular formula is C25H35NO2SSi. The first-order valence-electron chi connectivity index (χ1n) is 10.5. The van der Waals surface area contributed by atoms with E-state index in [1.54, 1.807) is 12.1 Å². The van der Waals surface area contributed by atoms with Crippen molar-refractivity contribution in [3.05, 3.63) is 65.7 Å². The molecule has 0 saturated carbocycles. The van der Waals surface area contributed by atoms with Gasteiger partial charge in [-0.2, -0.15) is 4.72 Å². The predicted molar refractivity (Wildman–Crippen MR) is 130 cm³/mol. The maximum absolute atomic E-state index is 13.0. The zero-order chi connectivity index (χ0) is 22.4. The molecule has 0 aliphatic carbocycles. The highest BCUT2D eigenvalue weighted by atomic mass is 32.2. The van der Waals surface area contributed by atoms with Crippen LogP contribution in [-0.2, 0) is 16.4 Å². The molecule has 0 aliphatic heterocycles. The minimum atomic E-state index is -3.62. The summed E-state index contributed by atoms with van der Waals surface area (Å²) in [6.45, 7) is 12.9. The van der Waals surface area contributed by atoms with Crippen molar-refractivity contribution in [2.45, 2.75) is 75.7 Å². The summed E-state index contributed by atoms with van der Waals surface area (Å²) in [7, 11) is -5.70. The molecule has 0 heterocycles. The van der Waals surface area contributed by atoms with Crippen LogP contribution in [0.5, 0.6) is 0 Å². The first-order valence-corrected chi connectivity index (χ1v) is 15.1. The average molecular weight is 442 g/mol. The molecule has 0 radical (unpaired) electrons. The van der Waals surface area contributed by atoms with Crippen molar-refractivity contribution in [3.8, 4) is 11.8 Å². The Labute approximate surface area is 184 Å². The summed E-state index contributed by atoms with van der Waals surface area (Å²) < 4.78 is 29.0. The van der Waals surface area contributed by atoms with Gasteiger partial charge in [-0.05, 0) is 42.5 Å². The van der Waals surface area contributed by atoms with Crippen LogP contribution in [0.2, 0.25) is 18.1 Å². The van der Waals surface area contributed by atoms with Crippen molar-refractivity contribution < 1.29 is 8.42 Å². The van der Waals surface area contributed by atoms with E-state index in [0.29, 0.717) is 4.90 Å². The fourth-order valence-corrected chi connectivity index (χ4v) is 6.90. The number of unbranched alkanes of at least 4 members (excludes halogenated alkanes) is 1. The Morgan fingerprint density at radius 1 is 1.00 bits per heavy atom. The maximum Gasteiger partial charge on any atom is 0.241 e. The van der Waals surface area contributed by atoms with Crippen LogP contribution in [0.3, 0.4) is 0 Å². The van der Waals surface area contributed by atoms with E-state index in [1.165, 1.54) is 5.56 Å². The van der Waals surface area contributed by atoms with Gasteiger partial charge in [0, 0.05) is 6.42 Å². The molecule has 2 aromatic rings. The highest BCUT2D eigenvalue weighted by molar-refractivity contribution is 7.89. The minimum absolute atomic E-state index is 0.00613. The first-order chi connectivity index (χ1) is 13.9. The SMILES string of the molecule is Cc1ccc(S(=O)(=O)NC(C#CCCCc2ccccc2)[Si](C)(C)C(C)(C)C)cc1. The first kappa shape index (κ1) is 24.4. The van der Waals surface area contributed by atoms with Crippen LogP contribution in [0.15, 0.2) is 59.5 Å². The largest absolute Gasteiger partial charge is 0.241 e. The molecule has 162 valence electrons. The predicted octanol–water partition coefficient (Wildman–Crippen LogP) is 5.72. The lowest BCUT2D eigenvalue weighted by Crippen LogP contribution is -2.57. The summed E-state index contributed by atoms with van der Waals surface area (Å²) in [4.78, 5) is 0.294. The lowest BCUT2D eigenvalue weighted by Gasteiger charge is -2.41. The van der Waals surface area contributed by atoms with Crippen LogP contribution in [0.25, 0.3) is 0 Å². The Balaban J connectivity index is 2.18. The monoisotopic (exact) mass is 441 g/mol. The molecule has 0 saturated heterocycles. The highest BCUT2D eigenvalue weighted by Gasteiger charge is 2.43. The van der Waals surface area contributed by atoms with Gasteiger partial charge in [0.2, 0.25) is 10.0 Å². The van der Waals surface area contributed by atoms with E-state index in [9.17, 15) is 8.42 Å². The molecule has 5 heteroatoms. The van der Waals surface area contributed by atoms with Gasteiger partial charge in [-0.1, -0.05) is 87.8 Å². The number of sulfonamides is 1. The minimum Gasteiger partial charge on any atom is -0.207 e. The second-order valence-corrected chi connectivity index (χ2v) is 16.7. The summed E-state index contributed by atoms with van der Waals surface area (Å²) in [5.41, 5.74) is 1.99. The van der Waals surface area contributed by atoms with E-state index < -0.39 is 18.1 Å². The lowest BCUT2D eigenvalue weighted by atomic mass is 10.1. The summed E-state index contributed by atoms with van der Waals surface area (Å²) in [5, 5.41) is 0.00613. The van der Waals surface area contributed by atoms with Gasteiger partial charge in [0.25, 0.3) is 0 Å². The Kier molecular flexibility index (Phi) is 8.10. The van der Waals surface area contributed by atoms with Crippen molar-refractivity contribution in [2.24, 2.45) is 0 Å². The van der Waals surface area contributed by atoms with Crippen molar-refractivity contribution in [1.29, 1.82) is 0 Å². The molecule has 1 N–H and O–H groups in total. The Hall–Kier alpha value is -1.87. The molecule has 2 rings (SSSR count). The van der Waals surface area contributed by atoms with E-state index in [0.717, 1.165) is 24.8 Å². The van der Waals surface area contributed by atoms with Gasteiger partial charge in [-0.3, -0.25) is 0 Å². The standard InChI is InChI=1S/C25H35NO2SSi/c1-21-17-19-23(20-18-21)29(27,28)26-24(30(5,6)25(2,3)4)16-12-8-11-15-22-13-9-7-10-14-22/h7,9-10,13-14,17-20,24,26H,8,11,15H2,1-6H3. The van der Waals surface area contributed by atoms with Gasteiger partial charge in [-0.15, -0.1) is 5.92 Å². The van der Waals surface area contributed by atoms with Crippen molar-refractivity contribution in [2.75, 3.05) is 0 Å². The van der Waals surface area contributed by atoms with Crippen LogP contribution in [0, 0.1) is 18.8 Å². The molecule has 0 amide bonds. The summed E-state index contributed by atoms with van der Waals surface area (Å²) >= 11 is 0. The number of rotatable bonds is 7. The van der Waals surface area contributed by atoms with Crippen molar-refractivity contribution in [3.63, 3.8) is 0 Å². The highest BCUT2D eigenvalue weighted by Crippen LogP contribution is 2.38. The molecule has 0 fully saturated rings. The smallest absolute Gasteiger partial charge is 0.207 e. The van der Waals surface area contributed by atoms with Crippen molar-refractivity contribution in [1.82, 2.24) is 4.72 Å². The van der Waals surface area contributed by atoms with E-state index in [2.05, 4.69) is 62.6 Å². The second-order valence-electron chi connectivity index (χ2n) is 9.50. The van der Waals surface area contributed by atoms with E-state index in [1.807, 2.05) is 37.3 Å². The second kappa shape index (κ2) is 9.96. The lowest BCUT2D eigenvalue weighted by molar-refractivity contribution is 0.580. The third-order valence-corrected chi connectivity index (χ3v) is 13.4. The van der Waals surface area contributed by atoms with Gasteiger partial charge in [-0.25, -0.2) is 8.42 Å². The zero-order valence-corrected chi connectivity index (χ0v) is 20.9. The average Bonchev–Trinajstić information content (AvgIpc) is 2.67. The molecular weight excluding hydrogens is 406 g/mol. The Morgan fingerprint density at radius 2 is 1.60 bits per heavy atom. The Morgan fingerprint density at radius 3 is 2.17 bits per heavy atom. The van der Waals surface area contributed by atoms with Crippen LogP contribution in [0.1, 0.15) is 44.7 Å². The number of hydrogen-bond donors (Lipinski definition) is 1. The molecule has 2 aromatic carbocycles. The number of benzene rings is 2. The summed E-state index contributed by atoms with van der Waals surface area (Å²) in [6.07, 6.45) is 2.70. The quantitative estimate of drug-likeness (QED) is 0.339. The summed E-state index contributed by atoms with van der Waals surface area (Å²) in [5.74, 6) is 6.59. The van der Waals surface area contributed by atoms with Gasteiger partial charge < -0.3 is 0 Å². The van der Waals surface area contributed by atoms with E-state index >= 15 is 0 Å². The maximum atomic E-state index is 13.0. The van der Waals surface area contributed by atoms with Crippen LogP contribution in [0.4, 0.5) is 0 Å². The normalized spacial score (nSPS) is 13.4. The molecule has 3 nitrogen and oxygen atoms in total. The van der Waals surface area contributed by atoms with Gasteiger partial charge in [0.05, 0.1) is 18.6 Å². The fourth-order valence-electron chi connectivity index (χ4n) is 2.93. The molecule has 1 unspecified atom stereocenters. The molecule has 30 heavy (non-hydrogen) atoms. The third kappa shape index (κ3) is 6.56. The van der Waals surface area contributed by atoms with E-state index in [-0.39, 0.29) is 10.7 Å². The molecule has 0 bridgehead atoms. The van der Waals surface area contributed by atoms with Gasteiger partial charge >= 0.3 is 0 Å². The van der Waals surface area contributed by atoms with Crippen LogP contribution >= 0.6 is 0 Å². The molecule has 1 atom stereocenters. The van der Waals surface area contributed by atoms with Crippen LogP contribution < -0.4 is 4.72 Å². The van der Waals surface area contributed by atoms with E-state index in [4.69, 9.17) is 0 Å². The topological polar surface area (TPSA) is 46.2 Å². The molecule has 0 aromatic heterocycles. The van der Waals surface area contributed by atoms with Gasteiger partial charge in [0.15, 0.2) is 0 Å². The molecule has 0 aliphatic rings. The number of aryl methyl sites for hydroxylation is 2. The van der Waals surface area contributed by atoms with Crippen LogP contribution in [-0.4, -0.2) is 22.2 Å².